The Morgan fingerprint density at radius 1 is 1.09 bits per heavy atom. The summed E-state index contributed by atoms with van der Waals surface area (Å²) in [5.41, 5.74) is 0.948. The lowest BCUT2D eigenvalue weighted by molar-refractivity contribution is -0.142. The van der Waals surface area contributed by atoms with E-state index in [2.05, 4.69) is 10.3 Å². The topological polar surface area (TPSA) is 106 Å². The van der Waals surface area contributed by atoms with Crippen LogP contribution in [0.25, 0.3) is 6.08 Å². The summed E-state index contributed by atoms with van der Waals surface area (Å²) in [6, 6.07) is 9.47. The molecule has 1 aromatic heterocycles. The fourth-order valence-corrected chi connectivity index (χ4v) is 4.88. The number of carbonyl (C=O) groups is 2. The maximum absolute atomic E-state index is 12.8. The number of hydrogen-bond acceptors (Lipinski definition) is 6. The molecular weight excluding hydrogens is 454 g/mol. The van der Waals surface area contributed by atoms with Gasteiger partial charge in [-0.2, -0.15) is 4.31 Å². The van der Waals surface area contributed by atoms with Gasteiger partial charge in [-0.25, -0.2) is 18.2 Å². The number of halogens is 1. The van der Waals surface area contributed by atoms with Crippen molar-refractivity contribution < 1.29 is 22.7 Å². The van der Waals surface area contributed by atoms with Gasteiger partial charge in [0.15, 0.2) is 11.8 Å². The summed E-state index contributed by atoms with van der Waals surface area (Å²) in [5.74, 6) is -1.26. The number of pyridine rings is 1. The van der Waals surface area contributed by atoms with E-state index in [1.54, 1.807) is 24.3 Å². The fraction of sp³-hybridized carbons (Fsp3) is 0.318. The molecule has 1 aromatic carbocycles. The Balaban J connectivity index is 1.52. The van der Waals surface area contributed by atoms with Crippen LogP contribution < -0.4 is 5.32 Å². The highest BCUT2D eigenvalue weighted by Gasteiger charge is 2.24. The predicted octanol–water partition coefficient (Wildman–Crippen LogP) is 3.49. The van der Waals surface area contributed by atoms with Crippen LogP contribution in [0.3, 0.4) is 0 Å². The summed E-state index contributed by atoms with van der Waals surface area (Å²) in [6.45, 7) is 0.591. The summed E-state index contributed by atoms with van der Waals surface area (Å²) < 4.78 is 32.0. The van der Waals surface area contributed by atoms with Gasteiger partial charge in [0.05, 0.1) is 10.6 Å². The molecule has 32 heavy (non-hydrogen) atoms. The molecule has 1 N–H and O–H groups in total. The van der Waals surface area contributed by atoms with Crippen molar-refractivity contribution >= 4 is 45.3 Å². The second-order valence-electron chi connectivity index (χ2n) is 7.22. The second-order valence-corrected chi connectivity index (χ2v) is 9.51. The highest BCUT2D eigenvalue weighted by Crippen LogP contribution is 2.21. The van der Waals surface area contributed by atoms with E-state index in [1.165, 1.54) is 34.8 Å². The molecular formula is C22H24ClN3O5S. The predicted molar refractivity (Wildman–Crippen MR) is 122 cm³/mol. The molecule has 1 saturated heterocycles. The van der Waals surface area contributed by atoms with Crippen molar-refractivity contribution in [1.29, 1.82) is 0 Å². The smallest absolute Gasteiger partial charge is 0.331 e. The summed E-state index contributed by atoms with van der Waals surface area (Å²) in [5, 5.41) is 2.63. The third-order valence-corrected chi connectivity index (χ3v) is 7.09. The van der Waals surface area contributed by atoms with E-state index in [0.29, 0.717) is 24.3 Å². The molecule has 1 aliphatic rings. The fourth-order valence-electron chi connectivity index (χ4n) is 3.20. The zero-order chi connectivity index (χ0) is 23.0. The third kappa shape index (κ3) is 6.62. The monoisotopic (exact) mass is 477 g/mol. The van der Waals surface area contributed by atoms with Crippen LogP contribution in [0.4, 0.5) is 5.69 Å². The molecule has 1 amide bonds. The molecule has 2 heterocycles. The molecule has 1 aliphatic heterocycles. The number of aromatic nitrogens is 1. The molecule has 3 rings (SSSR count). The average molecular weight is 478 g/mol. The molecule has 0 radical (unpaired) electrons. The van der Waals surface area contributed by atoms with Crippen molar-refractivity contribution in [3.05, 3.63) is 59.4 Å². The number of anilines is 1. The maximum atomic E-state index is 12.8. The van der Waals surface area contributed by atoms with Crippen molar-refractivity contribution in [2.24, 2.45) is 0 Å². The Bertz CT molecular complexity index is 1080. The number of hydrogen-bond donors (Lipinski definition) is 1. The molecule has 2 aromatic rings. The van der Waals surface area contributed by atoms with Crippen molar-refractivity contribution in [3.8, 4) is 0 Å². The number of rotatable bonds is 7. The first-order valence-corrected chi connectivity index (χ1v) is 12.0. The van der Waals surface area contributed by atoms with Crippen LogP contribution in [-0.2, 0) is 24.3 Å². The van der Waals surface area contributed by atoms with E-state index in [0.717, 1.165) is 25.7 Å². The zero-order valence-corrected chi connectivity index (χ0v) is 18.9. The maximum Gasteiger partial charge on any atom is 0.331 e. The zero-order valence-electron chi connectivity index (χ0n) is 17.4. The minimum atomic E-state index is -3.52. The van der Waals surface area contributed by atoms with Crippen LogP contribution in [-0.4, -0.2) is 49.3 Å². The van der Waals surface area contributed by atoms with E-state index in [9.17, 15) is 18.0 Å². The van der Waals surface area contributed by atoms with Crippen molar-refractivity contribution in [2.75, 3.05) is 25.0 Å². The SMILES string of the molecule is O=C(COC(=O)C=Cc1ccc(S(=O)(=O)N2CCCCCC2)cc1)Nc1cccnc1Cl. The second kappa shape index (κ2) is 11.2. The number of nitrogens with zero attached hydrogens (tertiary/aromatic N) is 2. The summed E-state index contributed by atoms with van der Waals surface area (Å²) >= 11 is 5.85. The quantitative estimate of drug-likeness (QED) is 0.371. The highest BCUT2D eigenvalue weighted by molar-refractivity contribution is 7.89. The van der Waals surface area contributed by atoms with E-state index in [4.69, 9.17) is 16.3 Å². The lowest BCUT2D eigenvalue weighted by atomic mass is 10.2. The van der Waals surface area contributed by atoms with Gasteiger partial charge in [-0.3, -0.25) is 4.79 Å². The first kappa shape index (κ1) is 23.9. The molecule has 0 spiro atoms. The van der Waals surface area contributed by atoms with Gasteiger partial charge in [0, 0.05) is 25.4 Å². The Kier molecular flexibility index (Phi) is 8.38. The Morgan fingerprint density at radius 2 is 1.78 bits per heavy atom. The van der Waals surface area contributed by atoms with Gasteiger partial charge in [-0.1, -0.05) is 36.6 Å². The average Bonchev–Trinajstić information content (AvgIpc) is 3.08. The summed E-state index contributed by atoms with van der Waals surface area (Å²) in [6.07, 6.45) is 7.98. The lowest BCUT2D eigenvalue weighted by Gasteiger charge is -2.19. The van der Waals surface area contributed by atoms with E-state index in [1.807, 2.05) is 0 Å². The molecule has 10 heteroatoms. The molecule has 0 saturated carbocycles. The Hall–Kier alpha value is -2.75. The van der Waals surface area contributed by atoms with Crippen LogP contribution in [0.5, 0.6) is 0 Å². The van der Waals surface area contributed by atoms with E-state index in [-0.39, 0.29) is 10.0 Å². The van der Waals surface area contributed by atoms with Crippen LogP contribution >= 0.6 is 11.6 Å². The first-order chi connectivity index (χ1) is 15.4. The number of sulfonamides is 1. The molecule has 0 atom stereocenters. The number of ether oxygens (including phenoxy) is 1. The van der Waals surface area contributed by atoms with Gasteiger partial charge in [0.2, 0.25) is 10.0 Å². The molecule has 0 unspecified atom stereocenters. The van der Waals surface area contributed by atoms with Crippen molar-refractivity contribution in [3.63, 3.8) is 0 Å². The highest BCUT2D eigenvalue weighted by atomic mass is 35.5. The number of amides is 1. The Morgan fingerprint density at radius 3 is 2.44 bits per heavy atom. The molecule has 170 valence electrons. The van der Waals surface area contributed by atoms with Gasteiger partial charge >= 0.3 is 5.97 Å². The van der Waals surface area contributed by atoms with Gasteiger partial charge < -0.3 is 10.1 Å². The first-order valence-electron chi connectivity index (χ1n) is 10.2. The minimum absolute atomic E-state index is 0.133. The van der Waals surface area contributed by atoms with Crippen LogP contribution in [0.2, 0.25) is 5.15 Å². The minimum Gasteiger partial charge on any atom is -0.452 e. The number of benzene rings is 1. The molecule has 0 bridgehead atoms. The summed E-state index contributed by atoms with van der Waals surface area (Å²) in [4.78, 5) is 27.8. The number of carbonyl (C=O) groups excluding carboxylic acids is 2. The van der Waals surface area contributed by atoms with Gasteiger partial charge in [-0.15, -0.1) is 0 Å². The van der Waals surface area contributed by atoms with Crippen LogP contribution in [0, 0.1) is 0 Å². The number of nitrogens with one attached hydrogen (secondary N) is 1. The Labute approximate surface area is 192 Å². The van der Waals surface area contributed by atoms with E-state index < -0.39 is 28.5 Å². The van der Waals surface area contributed by atoms with Gasteiger partial charge in [-0.05, 0) is 48.7 Å². The third-order valence-electron chi connectivity index (χ3n) is 4.87. The van der Waals surface area contributed by atoms with Crippen molar-refractivity contribution in [1.82, 2.24) is 9.29 Å². The lowest BCUT2D eigenvalue weighted by Crippen LogP contribution is -2.31. The molecule has 8 nitrogen and oxygen atoms in total. The van der Waals surface area contributed by atoms with Gasteiger partial charge in [0.1, 0.15) is 0 Å². The summed E-state index contributed by atoms with van der Waals surface area (Å²) in [7, 11) is -3.52. The largest absolute Gasteiger partial charge is 0.452 e. The number of esters is 1. The van der Waals surface area contributed by atoms with Crippen LogP contribution in [0.1, 0.15) is 31.2 Å². The normalized spacial score (nSPS) is 15.3. The van der Waals surface area contributed by atoms with E-state index >= 15 is 0 Å². The van der Waals surface area contributed by atoms with Gasteiger partial charge in [0.25, 0.3) is 5.91 Å². The molecule has 0 aliphatic carbocycles. The standard InChI is InChI=1S/C22H24ClN3O5S/c23-22-19(6-5-13-24-22)25-20(27)16-31-21(28)12-9-17-7-10-18(11-8-17)32(29,30)26-14-3-1-2-4-15-26/h5-13H,1-4,14-16H2,(H,25,27). The molecule has 1 fully saturated rings. The van der Waals surface area contributed by atoms with Crippen LogP contribution in [0.15, 0.2) is 53.6 Å². The van der Waals surface area contributed by atoms with Crippen molar-refractivity contribution in [2.45, 2.75) is 30.6 Å².